The number of hydrogen-bond donors (Lipinski definition) is 1. The monoisotopic (exact) mass is 288 g/mol. The van der Waals surface area contributed by atoms with Gasteiger partial charge in [0.25, 0.3) is 0 Å². The number of pyridine rings is 2. The van der Waals surface area contributed by atoms with E-state index in [2.05, 4.69) is 20.3 Å². The summed E-state index contributed by atoms with van der Waals surface area (Å²) in [6, 6.07) is 7.46. The van der Waals surface area contributed by atoms with Gasteiger partial charge in [0.1, 0.15) is 5.82 Å². The smallest absolute Gasteiger partial charge is 0.188 e. The molecular weight excluding hydrogens is 280 g/mol. The molecule has 3 aromatic heterocycles. The van der Waals surface area contributed by atoms with E-state index in [0.29, 0.717) is 5.02 Å². The van der Waals surface area contributed by atoms with Crippen LogP contribution >= 0.6 is 22.9 Å². The largest absolute Gasteiger partial charge is 0.316 e. The Hall–Kier alpha value is -1.98. The van der Waals surface area contributed by atoms with Gasteiger partial charge in [0.05, 0.1) is 10.7 Å². The maximum atomic E-state index is 5.79. The van der Waals surface area contributed by atoms with E-state index in [9.17, 15) is 0 Å². The SMILES string of the molecule is Clc1ccc(Nc2nc(-c3ccncc3)cs2)nc1. The van der Waals surface area contributed by atoms with Crippen LogP contribution in [0, 0.1) is 0 Å². The van der Waals surface area contributed by atoms with Crippen LogP contribution in [0.1, 0.15) is 0 Å². The predicted molar refractivity (Wildman–Crippen MR) is 77.9 cm³/mol. The Labute approximate surface area is 119 Å². The van der Waals surface area contributed by atoms with Gasteiger partial charge in [0.15, 0.2) is 5.13 Å². The second-order valence-corrected chi connectivity index (χ2v) is 5.05. The number of halogens is 1. The van der Waals surface area contributed by atoms with Crippen LogP contribution in [-0.4, -0.2) is 15.0 Å². The molecule has 0 fully saturated rings. The molecule has 0 bridgehead atoms. The topological polar surface area (TPSA) is 50.7 Å². The van der Waals surface area contributed by atoms with E-state index < -0.39 is 0 Å². The fourth-order valence-corrected chi connectivity index (χ4v) is 2.38. The van der Waals surface area contributed by atoms with Crippen LogP contribution in [0.2, 0.25) is 5.02 Å². The lowest BCUT2D eigenvalue weighted by molar-refractivity contribution is 1.28. The van der Waals surface area contributed by atoms with Gasteiger partial charge >= 0.3 is 0 Å². The van der Waals surface area contributed by atoms with E-state index in [1.165, 1.54) is 11.3 Å². The highest BCUT2D eigenvalue weighted by atomic mass is 35.5. The van der Waals surface area contributed by atoms with Crippen molar-refractivity contribution in [3.05, 3.63) is 53.3 Å². The zero-order chi connectivity index (χ0) is 13.1. The summed E-state index contributed by atoms with van der Waals surface area (Å²) < 4.78 is 0. The van der Waals surface area contributed by atoms with E-state index in [1.807, 2.05) is 23.6 Å². The Morgan fingerprint density at radius 2 is 1.95 bits per heavy atom. The summed E-state index contributed by atoms with van der Waals surface area (Å²) in [4.78, 5) is 12.7. The molecular formula is C13H9ClN4S. The average Bonchev–Trinajstić information content (AvgIpc) is 2.91. The number of nitrogens with zero attached hydrogens (tertiary/aromatic N) is 3. The first-order chi connectivity index (χ1) is 9.31. The zero-order valence-corrected chi connectivity index (χ0v) is 11.3. The molecule has 19 heavy (non-hydrogen) atoms. The molecule has 94 valence electrons. The molecule has 0 radical (unpaired) electrons. The Balaban J connectivity index is 1.80. The molecule has 0 aliphatic rings. The molecule has 0 amide bonds. The first-order valence-electron chi connectivity index (χ1n) is 5.56. The second-order valence-electron chi connectivity index (χ2n) is 3.76. The van der Waals surface area contributed by atoms with Crippen molar-refractivity contribution in [1.29, 1.82) is 0 Å². The normalized spacial score (nSPS) is 10.4. The van der Waals surface area contributed by atoms with E-state index in [4.69, 9.17) is 11.6 Å². The summed E-state index contributed by atoms with van der Waals surface area (Å²) in [6.07, 6.45) is 5.10. The minimum atomic E-state index is 0.613. The van der Waals surface area contributed by atoms with Gasteiger partial charge in [-0.3, -0.25) is 4.98 Å². The minimum absolute atomic E-state index is 0.613. The molecule has 0 saturated carbocycles. The third kappa shape index (κ3) is 2.89. The number of nitrogens with one attached hydrogen (secondary N) is 1. The summed E-state index contributed by atoms with van der Waals surface area (Å²) in [7, 11) is 0. The van der Waals surface area contributed by atoms with Crippen LogP contribution in [0.3, 0.4) is 0 Å². The first kappa shape index (κ1) is 12.1. The fraction of sp³-hybridized carbons (Fsp3) is 0. The molecule has 0 aromatic carbocycles. The zero-order valence-electron chi connectivity index (χ0n) is 9.75. The first-order valence-corrected chi connectivity index (χ1v) is 6.81. The van der Waals surface area contributed by atoms with E-state index in [-0.39, 0.29) is 0 Å². The summed E-state index contributed by atoms with van der Waals surface area (Å²) in [5.41, 5.74) is 1.97. The molecule has 0 spiro atoms. The molecule has 0 aliphatic carbocycles. The lowest BCUT2D eigenvalue weighted by Gasteiger charge is -2.00. The number of rotatable bonds is 3. The van der Waals surface area contributed by atoms with Crippen LogP contribution in [0.25, 0.3) is 11.3 Å². The van der Waals surface area contributed by atoms with Crippen molar-refractivity contribution in [2.45, 2.75) is 0 Å². The van der Waals surface area contributed by atoms with Crippen molar-refractivity contribution in [2.24, 2.45) is 0 Å². The van der Waals surface area contributed by atoms with E-state index in [0.717, 1.165) is 22.2 Å². The van der Waals surface area contributed by atoms with Crippen LogP contribution < -0.4 is 5.32 Å². The lowest BCUT2D eigenvalue weighted by Crippen LogP contribution is -1.92. The van der Waals surface area contributed by atoms with Crippen LogP contribution in [-0.2, 0) is 0 Å². The quantitative estimate of drug-likeness (QED) is 0.791. The van der Waals surface area contributed by atoms with Gasteiger partial charge in [-0.05, 0) is 24.3 Å². The molecule has 3 rings (SSSR count). The third-order valence-corrected chi connectivity index (χ3v) is 3.42. The maximum Gasteiger partial charge on any atom is 0.188 e. The van der Waals surface area contributed by atoms with Gasteiger partial charge in [0.2, 0.25) is 0 Å². The molecule has 1 N–H and O–H groups in total. The molecule has 0 atom stereocenters. The van der Waals surface area contributed by atoms with Crippen molar-refractivity contribution in [2.75, 3.05) is 5.32 Å². The van der Waals surface area contributed by atoms with Gasteiger partial charge in [-0.25, -0.2) is 9.97 Å². The number of hydrogen-bond acceptors (Lipinski definition) is 5. The molecule has 0 unspecified atom stereocenters. The average molecular weight is 289 g/mol. The maximum absolute atomic E-state index is 5.79. The molecule has 3 aromatic rings. The van der Waals surface area contributed by atoms with Crippen LogP contribution in [0.15, 0.2) is 48.2 Å². The van der Waals surface area contributed by atoms with E-state index in [1.54, 1.807) is 24.7 Å². The van der Waals surface area contributed by atoms with Gasteiger partial charge in [-0.2, -0.15) is 0 Å². The van der Waals surface area contributed by atoms with Crippen molar-refractivity contribution in [3.63, 3.8) is 0 Å². The molecule has 3 heterocycles. The highest BCUT2D eigenvalue weighted by Crippen LogP contribution is 2.26. The molecule has 0 saturated heterocycles. The fourth-order valence-electron chi connectivity index (χ4n) is 1.55. The summed E-state index contributed by atoms with van der Waals surface area (Å²) in [5.74, 6) is 0.722. The minimum Gasteiger partial charge on any atom is -0.316 e. The predicted octanol–water partition coefficient (Wildman–Crippen LogP) is 4.00. The highest BCUT2D eigenvalue weighted by Gasteiger charge is 2.04. The van der Waals surface area contributed by atoms with Crippen molar-refractivity contribution in [3.8, 4) is 11.3 Å². The number of aromatic nitrogens is 3. The van der Waals surface area contributed by atoms with Crippen molar-refractivity contribution in [1.82, 2.24) is 15.0 Å². The summed E-state index contributed by atoms with van der Waals surface area (Å²) in [6.45, 7) is 0. The number of anilines is 2. The summed E-state index contributed by atoms with van der Waals surface area (Å²) >= 11 is 7.32. The number of thiazole rings is 1. The molecule has 4 nitrogen and oxygen atoms in total. The van der Waals surface area contributed by atoms with Gasteiger partial charge < -0.3 is 5.32 Å². The second kappa shape index (κ2) is 5.34. The van der Waals surface area contributed by atoms with Crippen LogP contribution in [0.4, 0.5) is 10.9 Å². The molecule has 0 aliphatic heterocycles. The van der Waals surface area contributed by atoms with E-state index >= 15 is 0 Å². The Morgan fingerprint density at radius 1 is 1.11 bits per heavy atom. The van der Waals surface area contributed by atoms with Crippen molar-refractivity contribution >= 4 is 33.9 Å². The third-order valence-electron chi connectivity index (χ3n) is 2.44. The Bertz CT molecular complexity index is 667. The van der Waals surface area contributed by atoms with Gasteiger partial charge in [-0.15, -0.1) is 11.3 Å². The van der Waals surface area contributed by atoms with Crippen molar-refractivity contribution < 1.29 is 0 Å². The lowest BCUT2D eigenvalue weighted by atomic mass is 10.2. The summed E-state index contributed by atoms with van der Waals surface area (Å²) in [5, 5.41) is 6.54. The Kier molecular flexibility index (Phi) is 3.39. The highest BCUT2D eigenvalue weighted by molar-refractivity contribution is 7.14. The van der Waals surface area contributed by atoms with Gasteiger partial charge in [-0.1, -0.05) is 11.6 Å². The Morgan fingerprint density at radius 3 is 2.68 bits per heavy atom. The van der Waals surface area contributed by atoms with Gasteiger partial charge in [0, 0.05) is 29.5 Å². The van der Waals surface area contributed by atoms with Crippen LogP contribution in [0.5, 0.6) is 0 Å². The standard InChI is InChI=1S/C13H9ClN4S/c14-10-1-2-12(16-7-10)18-13-17-11(8-19-13)9-3-5-15-6-4-9/h1-8H,(H,16,17,18). The molecule has 6 heteroatoms.